The van der Waals surface area contributed by atoms with Gasteiger partial charge in [-0.25, -0.2) is 0 Å². The van der Waals surface area contributed by atoms with Crippen molar-refractivity contribution in [3.05, 3.63) is 12.7 Å². The lowest BCUT2D eigenvalue weighted by Crippen LogP contribution is -2.30. The number of rotatable bonds is 2. The molecule has 3 aliphatic rings. The summed E-state index contributed by atoms with van der Waals surface area (Å²) < 4.78 is 5.72. The molecule has 0 N–H and O–H groups in total. The first-order chi connectivity index (χ1) is 5.81. The van der Waals surface area contributed by atoms with Crippen LogP contribution in [-0.4, -0.2) is 12.2 Å². The lowest BCUT2D eigenvalue weighted by molar-refractivity contribution is 0.145. The highest BCUT2D eigenvalue weighted by Gasteiger charge is 2.70. The van der Waals surface area contributed by atoms with Gasteiger partial charge in [0.05, 0.1) is 12.2 Å². The van der Waals surface area contributed by atoms with Crippen molar-refractivity contribution in [2.45, 2.75) is 38.4 Å². The second-order valence-electron chi connectivity index (χ2n) is 4.65. The van der Waals surface area contributed by atoms with E-state index in [2.05, 4.69) is 19.6 Å². The second-order valence-corrected chi connectivity index (χ2v) is 4.65. The van der Waals surface area contributed by atoms with Crippen molar-refractivity contribution in [1.82, 2.24) is 0 Å². The molecule has 66 valence electrons. The van der Waals surface area contributed by atoms with Gasteiger partial charge in [0, 0.05) is 5.41 Å². The van der Waals surface area contributed by atoms with Crippen LogP contribution in [0.15, 0.2) is 12.7 Å². The normalized spacial score (nSPS) is 60.1. The van der Waals surface area contributed by atoms with Gasteiger partial charge in [-0.05, 0) is 31.1 Å². The quantitative estimate of drug-likeness (QED) is 0.451. The van der Waals surface area contributed by atoms with Crippen LogP contribution in [0, 0.1) is 17.3 Å². The van der Waals surface area contributed by atoms with Crippen molar-refractivity contribution in [2.24, 2.45) is 17.3 Å². The Bertz CT molecular complexity index is 235. The van der Waals surface area contributed by atoms with E-state index in [0.717, 1.165) is 11.8 Å². The van der Waals surface area contributed by atoms with Gasteiger partial charge >= 0.3 is 0 Å². The van der Waals surface area contributed by atoms with Crippen LogP contribution >= 0.6 is 0 Å². The molecule has 0 spiro atoms. The Morgan fingerprint density at radius 2 is 2.50 bits per heavy atom. The highest BCUT2D eigenvalue weighted by atomic mass is 16.6. The largest absolute Gasteiger partial charge is 0.369 e. The molecule has 3 rings (SSSR count). The van der Waals surface area contributed by atoms with E-state index in [-0.39, 0.29) is 0 Å². The monoisotopic (exact) mass is 164 g/mol. The molecule has 1 heteroatoms. The first kappa shape index (κ1) is 7.14. The number of allylic oxidation sites excluding steroid dienone is 1. The highest BCUT2D eigenvalue weighted by Crippen LogP contribution is 2.67. The average molecular weight is 164 g/mol. The molecule has 1 heterocycles. The topological polar surface area (TPSA) is 12.5 Å². The summed E-state index contributed by atoms with van der Waals surface area (Å²) in [6.45, 7) is 6.26. The third-order valence-electron chi connectivity index (χ3n) is 4.44. The van der Waals surface area contributed by atoms with Gasteiger partial charge in [0.2, 0.25) is 0 Å². The molecule has 3 fully saturated rings. The van der Waals surface area contributed by atoms with E-state index in [1.54, 1.807) is 0 Å². The van der Waals surface area contributed by atoms with Gasteiger partial charge in [-0.15, -0.1) is 6.58 Å². The zero-order valence-corrected chi connectivity index (χ0v) is 7.62. The molecular weight excluding hydrogens is 148 g/mol. The van der Waals surface area contributed by atoms with Gasteiger partial charge < -0.3 is 4.74 Å². The standard InChI is InChI=1S/C11H16O/c1-3-8-5-7-6-11(8,4-2)10-9(7)12-10/h3,7-10H,1,4-6H2,2H3. The number of hydrogen-bond acceptors (Lipinski definition) is 1. The Morgan fingerprint density at radius 3 is 3.08 bits per heavy atom. The maximum Gasteiger partial charge on any atom is 0.0906 e. The van der Waals surface area contributed by atoms with Crippen molar-refractivity contribution in [1.29, 1.82) is 0 Å². The summed E-state index contributed by atoms with van der Waals surface area (Å²) in [7, 11) is 0. The third kappa shape index (κ3) is 0.576. The first-order valence-corrected chi connectivity index (χ1v) is 5.10. The van der Waals surface area contributed by atoms with Crippen LogP contribution in [0.3, 0.4) is 0 Å². The molecule has 0 aromatic carbocycles. The minimum Gasteiger partial charge on any atom is -0.369 e. The Balaban J connectivity index is 1.98. The van der Waals surface area contributed by atoms with E-state index in [1.165, 1.54) is 19.3 Å². The molecule has 5 atom stereocenters. The van der Waals surface area contributed by atoms with Gasteiger partial charge in [-0.1, -0.05) is 13.0 Å². The fraction of sp³-hybridized carbons (Fsp3) is 0.818. The van der Waals surface area contributed by atoms with Gasteiger partial charge in [0.15, 0.2) is 0 Å². The van der Waals surface area contributed by atoms with E-state index in [9.17, 15) is 0 Å². The van der Waals surface area contributed by atoms with E-state index in [1.807, 2.05) is 0 Å². The average Bonchev–Trinajstić information content (AvgIpc) is 2.77. The van der Waals surface area contributed by atoms with Crippen LogP contribution in [-0.2, 0) is 4.74 Å². The molecule has 0 radical (unpaired) electrons. The third-order valence-corrected chi connectivity index (χ3v) is 4.44. The van der Waals surface area contributed by atoms with Gasteiger partial charge in [0.1, 0.15) is 0 Å². The lowest BCUT2D eigenvalue weighted by Gasteiger charge is -2.30. The minimum atomic E-state index is 0.511. The van der Waals surface area contributed by atoms with E-state index in [4.69, 9.17) is 4.74 Å². The zero-order chi connectivity index (χ0) is 8.34. The van der Waals surface area contributed by atoms with E-state index >= 15 is 0 Å². The van der Waals surface area contributed by atoms with Crippen molar-refractivity contribution >= 4 is 0 Å². The lowest BCUT2D eigenvalue weighted by atomic mass is 9.73. The predicted molar refractivity (Wildman–Crippen MR) is 47.8 cm³/mol. The molecule has 5 unspecified atom stereocenters. The van der Waals surface area contributed by atoms with E-state index < -0.39 is 0 Å². The number of hydrogen-bond donors (Lipinski definition) is 0. The summed E-state index contributed by atoms with van der Waals surface area (Å²) in [5.41, 5.74) is 0.511. The Kier molecular flexibility index (Phi) is 1.16. The fourth-order valence-corrected chi connectivity index (χ4v) is 3.74. The van der Waals surface area contributed by atoms with Gasteiger partial charge in [0.25, 0.3) is 0 Å². The summed E-state index contributed by atoms with van der Waals surface area (Å²) in [6.07, 6.45) is 7.47. The predicted octanol–water partition coefficient (Wildman–Crippen LogP) is 2.38. The maximum absolute atomic E-state index is 5.72. The fourth-order valence-electron chi connectivity index (χ4n) is 3.74. The molecule has 2 bridgehead atoms. The minimum absolute atomic E-state index is 0.511. The molecule has 1 aliphatic heterocycles. The van der Waals surface area contributed by atoms with Crippen molar-refractivity contribution < 1.29 is 4.74 Å². The SMILES string of the molecule is C=CC1CC2CC1(CC)C1OC21. The highest BCUT2D eigenvalue weighted by molar-refractivity contribution is 5.20. The summed E-state index contributed by atoms with van der Waals surface area (Å²) in [4.78, 5) is 0. The number of ether oxygens (including phenoxy) is 1. The van der Waals surface area contributed by atoms with Crippen LogP contribution in [0.25, 0.3) is 0 Å². The molecule has 0 aromatic rings. The van der Waals surface area contributed by atoms with Gasteiger partial charge in [-0.3, -0.25) is 0 Å². The Hall–Kier alpha value is -0.300. The Morgan fingerprint density at radius 1 is 1.67 bits per heavy atom. The number of epoxide rings is 1. The second kappa shape index (κ2) is 1.95. The first-order valence-electron chi connectivity index (χ1n) is 5.10. The van der Waals surface area contributed by atoms with Crippen LogP contribution in [0.2, 0.25) is 0 Å². The molecule has 0 amide bonds. The van der Waals surface area contributed by atoms with Crippen LogP contribution in [0.4, 0.5) is 0 Å². The summed E-state index contributed by atoms with van der Waals surface area (Å²) in [5.74, 6) is 1.62. The zero-order valence-electron chi connectivity index (χ0n) is 7.62. The smallest absolute Gasteiger partial charge is 0.0906 e. The molecule has 12 heavy (non-hydrogen) atoms. The van der Waals surface area contributed by atoms with Crippen LogP contribution < -0.4 is 0 Å². The van der Waals surface area contributed by atoms with Crippen molar-refractivity contribution in [3.63, 3.8) is 0 Å². The number of fused-ring (bicyclic) bond motifs is 5. The van der Waals surface area contributed by atoms with Gasteiger partial charge in [-0.2, -0.15) is 0 Å². The van der Waals surface area contributed by atoms with Crippen molar-refractivity contribution in [2.75, 3.05) is 0 Å². The summed E-state index contributed by atoms with van der Waals surface area (Å²) >= 11 is 0. The molecule has 2 saturated carbocycles. The molecule has 1 saturated heterocycles. The van der Waals surface area contributed by atoms with E-state index in [0.29, 0.717) is 17.6 Å². The summed E-state index contributed by atoms with van der Waals surface area (Å²) in [5, 5.41) is 0. The molecule has 2 aliphatic carbocycles. The Labute approximate surface area is 73.8 Å². The maximum atomic E-state index is 5.72. The van der Waals surface area contributed by atoms with Crippen molar-refractivity contribution in [3.8, 4) is 0 Å². The summed E-state index contributed by atoms with van der Waals surface area (Å²) in [6, 6.07) is 0. The molecule has 1 nitrogen and oxygen atoms in total. The van der Waals surface area contributed by atoms with Crippen LogP contribution in [0.5, 0.6) is 0 Å². The molecule has 0 aromatic heterocycles. The molecular formula is C11H16O. The van der Waals surface area contributed by atoms with Crippen LogP contribution in [0.1, 0.15) is 26.2 Å².